The highest BCUT2D eigenvalue weighted by Gasteiger charge is 2.13. The van der Waals surface area contributed by atoms with Crippen LogP contribution in [0.2, 0.25) is 0 Å². The van der Waals surface area contributed by atoms with Gasteiger partial charge in [-0.05, 0) is 49.2 Å². The van der Waals surface area contributed by atoms with Crippen LogP contribution in [0.3, 0.4) is 0 Å². The van der Waals surface area contributed by atoms with Crippen LogP contribution in [0.25, 0.3) is 16.7 Å². The number of nitrogens with one attached hydrogen (secondary N) is 1. The number of hydrogen-bond acceptors (Lipinski definition) is 4. The average molecular weight is 405 g/mol. The van der Waals surface area contributed by atoms with Crippen molar-refractivity contribution in [2.45, 2.75) is 26.8 Å². The summed E-state index contributed by atoms with van der Waals surface area (Å²) >= 11 is 0. The van der Waals surface area contributed by atoms with Crippen LogP contribution in [0.5, 0.6) is 0 Å². The number of carbonyl (C=O) groups is 1. The number of para-hydroxylation sites is 1. The van der Waals surface area contributed by atoms with E-state index in [1.54, 1.807) is 12.1 Å². The number of aryl methyl sites for hydroxylation is 3. The second-order valence-corrected chi connectivity index (χ2v) is 7.08. The van der Waals surface area contributed by atoms with E-state index < -0.39 is 0 Å². The summed E-state index contributed by atoms with van der Waals surface area (Å²) in [6, 6.07) is 11.6. The van der Waals surface area contributed by atoms with Crippen LogP contribution in [0.1, 0.15) is 17.5 Å². The van der Waals surface area contributed by atoms with Crippen molar-refractivity contribution in [1.82, 2.24) is 19.3 Å². The second-order valence-electron chi connectivity index (χ2n) is 7.08. The van der Waals surface area contributed by atoms with Crippen LogP contribution in [-0.2, 0) is 11.3 Å². The van der Waals surface area contributed by atoms with Crippen LogP contribution in [0, 0.1) is 19.7 Å². The quantitative estimate of drug-likeness (QED) is 0.552. The van der Waals surface area contributed by atoms with Crippen LogP contribution in [-0.4, -0.2) is 25.2 Å². The molecule has 0 saturated heterocycles. The number of halogens is 1. The van der Waals surface area contributed by atoms with Gasteiger partial charge in [0.25, 0.3) is 5.56 Å². The predicted molar refractivity (Wildman–Crippen MR) is 112 cm³/mol. The summed E-state index contributed by atoms with van der Waals surface area (Å²) in [7, 11) is 0. The van der Waals surface area contributed by atoms with Crippen LogP contribution >= 0.6 is 0 Å². The number of nitrogens with zero attached hydrogens (tertiary/aromatic N) is 4. The van der Waals surface area contributed by atoms with Gasteiger partial charge in [-0.2, -0.15) is 5.10 Å². The smallest absolute Gasteiger partial charge is 0.264 e. The first-order chi connectivity index (χ1) is 14.4. The van der Waals surface area contributed by atoms with Crippen LogP contribution < -0.4 is 10.9 Å². The second kappa shape index (κ2) is 7.90. The van der Waals surface area contributed by atoms with Gasteiger partial charge in [0.1, 0.15) is 11.2 Å². The molecule has 4 rings (SSSR count). The molecule has 2 aromatic carbocycles. The first kappa shape index (κ1) is 19.5. The normalized spacial score (nSPS) is 11.0. The van der Waals surface area contributed by atoms with Gasteiger partial charge < -0.3 is 5.32 Å². The number of rotatable bonds is 5. The Hall–Kier alpha value is -3.81. The Bertz CT molecular complexity index is 1270. The lowest BCUT2D eigenvalue weighted by Crippen LogP contribution is -2.24. The van der Waals surface area contributed by atoms with E-state index in [1.165, 1.54) is 33.9 Å². The highest BCUT2D eigenvalue weighted by atomic mass is 19.1. The lowest BCUT2D eigenvalue weighted by atomic mass is 10.1. The third kappa shape index (κ3) is 3.71. The Morgan fingerprint density at radius 3 is 2.50 bits per heavy atom. The summed E-state index contributed by atoms with van der Waals surface area (Å²) in [6.07, 6.45) is 2.97. The van der Waals surface area contributed by atoms with Gasteiger partial charge in [-0.3, -0.25) is 14.2 Å². The first-order valence-electron chi connectivity index (χ1n) is 9.49. The van der Waals surface area contributed by atoms with E-state index in [-0.39, 0.29) is 30.2 Å². The molecule has 0 aliphatic carbocycles. The number of anilines is 1. The zero-order valence-electron chi connectivity index (χ0n) is 16.6. The number of amides is 1. The van der Waals surface area contributed by atoms with Gasteiger partial charge in [-0.25, -0.2) is 14.1 Å². The Balaban J connectivity index is 1.53. The number of fused-ring (bicyclic) bond motifs is 1. The van der Waals surface area contributed by atoms with Gasteiger partial charge in [0.15, 0.2) is 5.65 Å². The van der Waals surface area contributed by atoms with E-state index in [0.717, 1.165) is 16.8 Å². The van der Waals surface area contributed by atoms with Crippen molar-refractivity contribution in [1.29, 1.82) is 0 Å². The van der Waals surface area contributed by atoms with Crippen molar-refractivity contribution in [2.75, 3.05) is 5.32 Å². The molecule has 0 unspecified atom stereocenters. The molecule has 0 bridgehead atoms. The molecule has 7 nitrogen and oxygen atoms in total. The lowest BCUT2D eigenvalue weighted by molar-refractivity contribution is -0.116. The summed E-state index contributed by atoms with van der Waals surface area (Å²) in [5.74, 6) is -0.536. The van der Waals surface area contributed by atoms with Gasteiger partial charge in [0.2, 0.25) is 5.91 Å². The maximum absolute atomic E-state index is 13.2. The fraction of sp³-hybridized carbons (Fsp3) is 0.182. The van der Waals surface area contributed by atoms with Crippen molar-refractivity contribution in [3.63, 3.8) is 0 Å². The maximum atomic E-state index is 13.2. The predicted octanol–water partition coefficient (Wildman–Crippen LogP) is 3.37. The SMILES string of the molecule is Cc1cccc(C)c1NC(=O)CCn1cnc2c(cnn2-c2ccc(F)cc2)c1=O. The van der Waals surface area contributed by atoms with Crippen molar-refractivity contribution in [2.24, 2.45) is 0 Å². The van der Waals surface area contributed by atoms with Gasteiger partial charge in [-0.1, -0.05) is 18.2 Å². The third-order valence-corrected chi connectivity index (χ3v) is 4.95. The summed E-state index contributed by atoms with van der Waals surface area (Å²) in [6.45, 7) is 4.06. The van der Waals surface area contributed by atoms with E-state index in [9.17, 15) is 14.0 Å². The summed E-state index contributed by atoms with van der Waals surface area (Å²) < 4.78 is 16.0. The molecular formula is C22H20FN5O2. The molecule has 2 aromatic heterocycles. The Kier molecular flexibility index (Phi) is 5.14. The molecule has 0 aliphatic heterocycles. The van der Waals surface area contributed by atoms with Crippen molar-refractivity contribution in [3.05, 3.63) is 82.3 Å². The largest absolute Gasteiger partial charge is 0.326 e. The molecule has 0 spiro atoms. The highest BCUT2D eigenvalue weighted by molar-refractivity contribution is 5.92. The van der Waals surface area contributed by atoms with Crippen molar-refractivity contribution >= 4 is 22.6 Å². The van der Waals surface area contributed by atoms with E-state index >= 15 is 0 Å². The molecule has 0 saturated carbocycles. The highest BCUT2D eigenvalue weighted by Crippen LogP contribution is 2.19. The van der Waals surface area contributed by atoms with E-state index in [0.29, 0.717) is 16.7 Å². The van der Waals surface area contributed by atoms with Crippen molar-refractivity contribution in [3.8, 4) is 5.69 Å². The Labute approximate surface area is 171 Å². The minimum absolute atomic E-state index is 0.132. The molecule has 152 valence electrons. The fourth-order valence-electron chi connectivity index (χ4n) is 3.31. The maximum Gasteiger partial charge on any atom is 0.264 e. The molecule has 0 fully saturated rings. The van der Waals surface area contributed by atoms with Gasteiger partial charge in [-0.15, -0.1) is 0 Å². The molecule has 0 radical (unpaired) electrons. The topological polar surface area (TPSA) is 81.8 Å². The minimum atomic E-state index is -0.357. The number of carbonyl (C=O) groups excluding carboxylic acids is 1. The Morgan fingerprint density at radius 1 is 1.10 bits per heavy atom. The molecule has 0 atom stereocenters. The van der Waals surface area contributed by atoms with E-state index in [2.05, 4.69) is 15.4 Å². The molecule has 1 N–H and O–H groups in total. The first-order valence-corrected chi connectivity index (χ1v) is 9.49. The zero-order valence-corrected chi connectivity index (χ0v) is 16.6. The summed E-state index contributed by atoms with van der Waals surface area (Å²) in [5.41, 5.74) is 3.46. The molecule has 0 aliphatic rings. The minimum Gasteiger partial charge on any atom is -0.326 e. The van der Waals surface area contributed by atoms with Gasteiger partial charge >= 0.3 is 0 Å². The average Bonchev–Trinajstić information content (AvgIpc) is 3.16. The lowest BCUT2D eigenvalue weighted by Gasteiger charge is -2.12. The van der Waals surface area contributed by atoms with Crippen molar-refractivity contribution < 1.29 is 9.18 Å². The zero-order chi connectivity index (χ0) is 21.3. The summed E-state index contributed by atoms with van der Waals surface area (Å²) in [4.78, 5) is 29.5. The summed E-state index contributed by atoms with van der Waals surface area (Å²) in [5, 5.41) is 7.45. The number of hydrogen-bond donors (Lipinski definition) is 1. The van der Waals surface area contributed by atoms with Crippen LogP contribution in [0.4, 0.5) is 10.1 Å². The molecule has 2 heterocycles. The van der Waals surface area contributed by atoms with E-state index in [4.69, 9.17) is 0 Å². The number of benzene rings is 2. The molecule has 30 heavy (non-hydrogen) atoms. The van der Waals surface area contributed by atoms with Gasteiger partial charge in [0, 0.05) is 18.7 Å². The van der Waals surface area contributed by atoms with Gasteiger partial charge in [0.05, 0.1) is 18.2 Å². The van der Waals surface area contributed by atoms with E-state index in [1.807, 2.05) is 32.0 Å². The standard InChI is InChI=1S/C22H20FN5O2/c1-14-4-3-5-15(2)20(14)26-19(29)10-11-27-13-24-21-18(22(27)30)12-25-28(21)17-8-6-16(23)7-9-17/h3-9,12-13H,10-11H2,1-2H3,(H,26,29). The molecule has 8 heteroatoms. The third-order valence-electron chi connectivity index (χ3n) is 4.95. The van der Waals surface area contributed by atoms with Crippen LogP contribution in [0.15, 0.2) is 59.8 Å². The monoisotopic (exact) mass is 405 g/mol. The molecule has 4 aromatic rings. The number of aromatic nitrogens is 4. The molecule has 1 amide bonds. The molecular weight excluding hydrogens is 385 g/mol. The Morgan fingerprint density at radius 2 is 1.80 bits per heavy atom. The fourth-order valence-corrected chi connectivity index (χ4v) is 3.31.